The Hall–Kier alpha value is -2.16. The average molecular weight is 464 g/mol. The standard InChI is InChI=1S/C21H22ClN3O3S2/c22-17-6-7-18-19(14-17)29-21(23-18)25-11-9-24(10-12-25)20(26)8-13-30(27,28)15-16-4-2-1-3-5-16/h1-7,14H,8-13,15H2. The van der Waals surface area contributed by atoms with E-state index in [0.717, 1.165) is 20.9 Å². The lowest BCUT2D eigenvalue weighted by Crippen LogP contribution is -2.49. The Balaban J connectivity index is 1.29. The lowest BCUT2D eigenvalue weighted by molar-refractivity contribution is -0.131. The maximum atomic E-state index is 12.5. The molecule has 1 fully saturated rings. The first-order valence-corrected chi connectivity index (χ1v) is 12.7. The zero-order valence-electron chi connectivity index (χ0n) is 16.3. The Morgan fingerprint density at radius 1 is 1.07 bits per heavy atom. The minimum absolute atomic E-state index is 0.0226. The van der Waals surface area contributed by atoms with E-state index in [1.165, 1.54) is 0 Å². The van der Waals surface area contributed by atoms with Crippen molar-refractivity contribution in [1.29, 1.82) is 0 Å². The molecule has 1 amide bonds. The van der Waals surface area contributed by atoms with E-state index in [9.17, 15) is 13.2 Å². The van der Waals surface area contributed by atoms with Gasteiger partial charge < -0.3 is 9.80 Å². The van der Waals surface area contributed by atoms with Gasteiger partial charge in [0, 0.05) is 37.6 Å². The number of rotatable bonds is 6. The van der Waals surface area contributed by atoms with Gasteiger partial charge in [0.15, 0.2) is 15.0 Å². The third-order valence-electron chi connectivity index (χ3n) is 5.10. The number of hydrogen-bond acceptors (Lipinski definition) is 6. The maximum absolute atomic E-state index is 12.5. The number of fused-ring (bicyclic) bond motifs is 1. The molecule has 1 saturated heterocycles. The number of carbonyl (C=O) groups excluding carboxylic acids is 1. The number of nitrogens with zero attached hydrogens (tertiary/aromatic N) is 3. The number of carbonyl (C=O) groups is 1. The van der Waals surface area contributed by atoms with Crippen molar-refractivity contribution in [1.82, 2.24) is 9.88 Å². The molecule has 0 spiro atoms. The van der Waals surface area contributed by atoms with Gasteiger partial charge >= 0.3 is 0 Å². The largest absolute Gasteiger partial charge is 0.345 e. The number of halogens is 1. The average Bonchev–Trinajstić information content (AvgIpc) is 3.16. The minimum atomic E-state index is -3.32. The molecule has 30 heavy (non-hydrogen) atoms. The first-order chi connectivity index (χ1) is 14.4. The lowest BCUT2D eigenvalue weighted by atomic mass is 10.2. The van der Waals surface area contributed by atoms with Gasteiger partial charge in [0.1, 0.15) is 0 Å². The second-order valence-electron chi connectivity index (χ2n) is 7.30. The summed E-state index contributed by atoms with van der Waals surface area (Å²) in [6.45, 7) is 2.48. The summed E-state index contributed by atoms with van der Waals surface area (Å²) in [4.78, 5) is 21.1. The monoisotopic (exact) mass is 463 g/mol. The van der Waals surface area contributed by atoms with Crippen LogP contribution in [0.2, 0.25) is 5.02 Å². The van der Waals surface area contributed by atoms with Gasteiger partial charge in [-0.2, -0.15) is 0 Å². The molecular weight excluding hydrogens is 442 g/mol. The Bertz CT molecular complexity index is 1140. The van der Waals surface area contributed by atoms with Crippen LogP contribution in [0.25, 0.3) is 10.2 Å². The van der Waals surface area contributed by atoms with Crippen molar-refractivity contribution in [2.75, 3.05) is 36.8 Å². The van der Waals surface area contributed by atoms with Crippen LogP contribution in [0.5, 0.6) is 0 Å². The van der Waals surface area contributed by atoms with Gasteiger partial charge in [-0.3, -0.25) is 4.79 Å². The maximum Gasteiger partial charge on any atom is 0.223 e. The Labute approximate surface area is 185 Å². The highest BCUT2D eigenvalue weighted by Gasteiger charge is 2.24. The highest BCUT2D eigenvalue weighted by Crippen LogP contribution is 2.31. The predicted molar refractivity (Wildman–Crippen MR) is 122 cm³/mol. The molecule has 158 valence electrons. The van der Waals surface area contributed by atoms with Gasteiger partial charge in [-0.15, -0.1) is 0 Å². The Morgan fingerprint density at radius 2 is 1.80 bits per heavy atom. The fourth-order valence-electron chi connectivity index (χ4n) is 3.47. The predicted octanol–water partition coefficient (Wildman–Crippen LogP) is 3.60. The van der Waals surface area contributed by atoms with Crippen molar-refractivity contribution in [3.63, 3.8) is 0 Å². The second kappa shape index (κ2) is 8.91. The molecule has 2 heterocycles. The second-order valence-corrected chi connectivity index (χ2v) is 10.9. The van der Waals surface area contributed by atoms with Crippen LogP contribution in [-0.4, -0.2) is 56.1 Å². The van der Waals surface area contributed by atoms with Gasteiger partial charge in [0.05, 0.1) is 21.7 Å². The molecule has 1 aliphatic rings. The third-order valence-corrected chi connectivity index (χ3v) is 8.01. The summed E-state index contributed by atoms with van der Waals surface area (Å²) in [5.41, 5.74) is 1.66. The van der Waals surface area contributed by atoms with Crippen molar-refractivity contribution in [3.8, 4) is 0 Å². The quantitative estimate of drug-likeness (QED) is 0.558. The molecule has 4 rings (SSSR count). The smallest absolute Gasteiger partial charge is 0.223 e. The number of sulfone groups is 1. The molecule has 0 atom stereocenters. The molecular formula is C21H22ClN3O3S2. The van der Waals surface area contributed by atoms with Crippen molar-refractivity contribution < 1.29 is 13.2 Å². The van der Waals surface area contributed by atoms with Crippen LogP contribution in [-0.2, 0) is 20.4 Å². The van der Waals surface area contributed by atoms with Gasteiger partial charge in [0.2, 0.25) is 5.91 Å². The Morgan fingerprint density at radius 3 is 2.53 bits per heavy atom. The zero-order chi connectivity index (χ0) is 21.1. The van der Waals surface area contributed by atoms with Crippen LogP contribution in [0.4, 0.5) is 5.13 Å². The van der Waals surface area contributed by atoms with E-state index in [1.807, 2.05) is 36.4 Å². The number of benzene rings is 2. The van der Waals surface area contributed by atoms with E-state index < -0.39 is 9.84 Å². The van der Waals surface area contributed by atoms with Gasteiger partial charge in [-0.25, -0.2) is 13.4 Å². The zero-order valence-corrected chi connectivity index (χ0v) is 18.7. The highest BCUT2D eigenvalue weighted by molar-refractivity contribution is 7.90. The molecule has 0 unspecified atom stereocenters. The molecule has 1 aromatic heterocycles. The summed E-state index contributed by atoms with van der Waals surface area (Å²) >= 11 is 7.64. The summed E-state index contributed by atoms with van der Waals surface area (Å²) in [5, 5.41) is 1.61. The van der Waals surface area contributed by atoms with Crippen molar-refractivity contribution in [2.45, 2.75) is 12.2 Å². The first kappa shape index (κ1) is 21.1. The van der Waals surface area contributed by atoms with Gasteiger partial charge in [0.25, 0.3) is 0 Å². The first-order valence-electron chi connectivity index (χ1n) is 9.73. The number of hydrogen-bond donors (Lipinski definition) is 0. The Kier molecular flexibility index (Phi) is 6.26. The molecule has 1 aliphatic heterocycles. The van der Waals surface area contributed by atoms with E-state index in [1.54, 1.807) is 28.4 Å². The molecule has 0 radical (unpaired) electrons. The van der Waals surface area contributed by atoms with Gasteiger partial charge in [-0.05, 0) is 23.8 Å². The van der Waals surface area contributed by atoms with Crippen LogP contribution in [0.15, 0.2) is 48.5 Å². The molecule has 0 aliphatic carbocycles. The summed E-state index contributed by atoms with van der Waals surface area (Å²) in [7, 11) is -3.32. The van der Waals surface area contributed by atoms with E-state index >= 15 is 0 Å². The molecule has 3 aromatic rings. The van der Waals surface area contributed by atoms with Crippen LogP contribution in [0, 0.1) is 0 Å². The van der Waals surface area contributed by atoms with E-state index in [0.29, 0.717) is 31.2 Å². The topological polar surface area (TPSA) is 70.6 Å². The summed E-state index contributed by atoms with van der Waals surface area (Å²) in [6, 6.07) is 14.7. The summed E-state index contributed by atoms with van der Waals surface area (Å²) in [5.74, 6) is -0.266. The number of anilines is 1. The van der Waals surface area contributed by atoms with Crippen LogP contribution < -0.4 is 4.90 Å². The molecule has 0 bridgehead atoms. The van der Waals surface area contributed by atoms with E-state index in [2.05, 4.69) is 9.88 Å². The fourth-order valence-corrected chi connectivity index (χ4v) is 6.09. The molecule has 0 saturated carbocycles. The van der Waals surface area contributed by atoms with E-state index in [-0.39, 0.29) is 23.8 Å². The number of aromatic nitrogens is 1. The van der Waals surface area contributed by atoms with Crippen LogP contribution in [0.1, 0.15) is 12.0 Å². The van der Waals surface area contributed by atoms with Crippen molar-refractivity contribution >= 4 is 54.0 Å². The van der Waals surface area contributed by atoms with Crippen LogP contribution in [0.3, 0.4) is 0 Å². The molecule has 0 N–H and O–H groups in total. The fraction of sp³-hybridized carbons (Fsp3) is 0.333. The molecule has 6 nitrogen and oxygen atoms in total. The molecule has 9 heteroatoms. The van der Waals surface area contributed by atoms with E-state index in [4.69, 9.17) is 11.6 Å². The summed E-state index contributed by atoms with van der Waals surface area (Å²) < 4.78 is 25.7. The lowest BCUT2D eigenvalue weighted by Gasteiger charge is -2.34. The minimum Gasteiger partial charge on any atom is -0.345 e. The molecule has 2 aromatic carbocycles. The number of amides is 1. The van der Waals surface area contributed by atoms with Gasteiger partial charge in [-0.1, -0.05) is 53.3 Å². The number of thiazole rings is 1. The van der Waals surface area contributed by atoms with Crippen molar-refractivity contribution in [3.05, 3.63) is 59.1 Å². The highest BCUT2D eigenvalue weighted by atomic mass is 35.5. The third kappa shape index (κ3) is 5.11. The van der Waals surface area contributed by atoms with Crippen LogP contribution >= 0.6 is 22.9 Å². The summed E-state index contributed by atoms with van der Waals surface area (Å²) in [6.07, 6.45) is 0.0226. The normalized spacial score (nSPS) is 15.0. The number of piperazine rings is 1. The SMILES string of the molecule is O=C(CCS(=O)(=O)Cc1ccccc1)N1CCN(c2nc3ccc(Cl)cc3s2)CC1. The van der Waals surface area contributed by atoms with Crippen molar-refractivity contribution in [2.24, 2.45) is 0 Å².